The fourth-order valence-corrected chi connectivity index (χ4v) is 6.78. The van der Waals surface area contributed by atoms with Crippen molar-refractivity contribution in [1.82, 2.24) is 20.1 Å². The van der Waals surface area contributed by atoms with Crippen LogP contribution in [-0.2, 0) is 27.4 Å². The topological polar surface area (TPSA) is 112 Å². The van der Waals surface area contributed by atoms with Gasteiger partial charge in [-0.1, -0.05) is 32.0 Å². The summed E-state index contributed by atoms with van der Waals surface area (Å²) in [7, 11) is 0. The zero-order chi connectivity index (χ0) is 31.9. The van der Waals surface area contributed by atoms with Crippen LogP contribution in [0.15, 0.2) is 41.9 Å². The Morgan fingerprint density at radius 1 is 1.23 bits per heavy atom. The van der Waals surface area contributed by atoms with E-state index in [0.717, 1.165) is 21.0 Å². The first kappa shape index (κ1) is 31.7. The van der Waals surface area contributed by atoms with Crippen molar-refractivity contribution in [3.8, 4) is 16.2 Å². The zero-order valence-electron chi connectivity index (χ0n) is 25.9. The van der Waals surface area contributed by atoms with Crippen LogP contribution in [0.25, 0.3) is 10.4 Å². The van der Waals surface area contributed by atoms with Crippen LogP contribution in [0, 0.1) is 18.7 Å². The molecule has 5 rings (SSSR count). The molecule has 1 saturated heterocycles. The van der Waals surface area contributed by atoms with Gasteiger partial charge < -0.3 is 20.1 Å². The third-order valence-electron chi connectivity index (χ3n) is 7.99. The highest BCUT2D eigenvalue weighted by atomic mass is 32.1. The lowest BCUT2D eigenvalue weighted by molar-refractivity contribution is -0.151. The Balaban J connectivity index is 1.46. The summed E-state index contributed by atoms with van der Waals surface area (Å²) in [6.07, 6.45) is 0.150. The highest BCUT2D eigenvalue weighted by molar-refractivity contribution is 7.13. The minimum absolute atomic E-state index is 0.0598. The molecule has 0 spiro atoms. The fourth-order valence-electron chi connectivity index (χ4n) is 5.98. The molecule has 1 aromatic heterocycles. The van der Waals surface area contributed by atoms with Crippen molar-refractivity contribution in [3.63, 3.8) is 0 Å². The molecule has 9 nitrogen and oxygen atoms in total. The molecule has 3 heterocycles. The van der Waals surface area contributed by atoms with Crippen LogP contribution in [-0.4, -0.2) is 67.9 Å². The van der Waals surface area contributed by atoms with E-state index < -0.39 is 41.2 Å². The Hall–Kier alpha value is -3.67. The number of nitrogens with one attached hydrogen (secondary N) is 1. The van der Waals surface area contributed by atoms with Gasteiger partial charge in [-0.2, -0.15) is 0 Å². The van der Waals surface area contributed by atoms with E-state index in [4.69, 9.17) is 4.74 Å². The minimum Gasteiger partial charge on any atom is -0.508 e. The van der Waals surface area contributed by atoms with Gasteiger partial charge in [0.1, 0.15) is 17.6 Å². The highest BCUT2D eigenvalue weighted by Gasteiger charge is 2.44. The lowest BCUT2D eigenvalue weighted by Crippen LogP contribution is -2.55. The number of hydrogen-bond donors (Lipinski definition) is 2. The van der Waals surface area contributed by atoms with E-state index in [1.165, 1.54) is 28.4 Å². The van der Waals surface area contributed by atoms with Crippen LogP contribution in [0.2, 0.25) is 0 Å². The van der Waals surface area contributed by atoms with E-state index in [0.29, 0.717) is 24.1 Å². The van der Waals surface area contributed by atoms with Crippen molar-refractivity contribution < 1.29 is 28.6 Å². The van der Waals surface area contributed by atoms with Gasteiger partial charge in [0.15, 0.2) is 0 Å². The minimum atomic E-state index is -0.994. The van der Waals surface area contributed by atoms with E-state index in [-0.39, 0.29) is 36.4 Å². The second-order valence-corrected chi connectivity index (χ2v) is 13.7. The van der Waals surface area contributed by atoms with E-state index in [9.17, 15) is 23.9 Å². The van der Waals surface area contributed by atoms with E-state index in [2.05, 4.69) is 10.3 Å². The number of nitrogens with zero attached hydrogens (tertiary/aromatic N) is 3. The summed E-state index contributed by atoms with van der Waals surface area (Å²) in [5, 5.41) is 14.3. The number of ether oxygens (including phenoxy) is 1. The van der Waals surface area contributed by atoms with Crippen molar-refractivity contribution in [3.05, 3.63) is 70.1 Å². The molecule has 2 aromatic carbocycles. The maximum atomic E-state index is 14.4. The van der Waals surface area contributed by atoms with Crippen LogP contribution in [0.1, 0.15) is 68.2 Å². The van der Waals surface area contributed by atoms with E-state index in [1.807, 2.05) is 47.6 Å². The normalized spacial score (nSPS) is 19.0. The first-order valence-corrected chi connectivity index (χ1v) is 15.7. The Morgan fingerprint density at radius 2 is 1.98 bits per heavy atom. The number of phenols is 1. The van der Waals surface area contributed by atoms with E-state index in [1.54, 1.807) is 23.7 Å². The third-order valence-corrected chi connectivity index (χ3v) is 8.96. The molecule has 3 aromatic rings. The Morgan fingerprint density at radius 3 is 2.61 bits per heavy atom. The molecule has 0 bridgehead atoms. The maximum absolute atomic E-state index is 14.4. The quantitative estimate of drug-likeness (QED) is 0.362. The summed E-state index contributed by atoms with van der Waals surface area (Å²) >= 11 is 1.46. The molecule has 0 aliphatic carbocycles. The molecule has 0 radical (unpaired) electrons. The summed E-state index contributed by atoms with van der Waals surface area (Å²) in [5.41, 5.74) is 4.17. The number of amides is 3. The summed E-state index contributed by atoms with van der Waals surface area (Å²) in [6.45, 7) is 11.7. The first-order chi connectivity index (χ1) is 20.7. The number of imide groups is 1. The van der Waals surface area contributed by atoms with Gasteiger partial charge in [0, 0.05) is 24.2 Å². The number of halogens is 1. The molecular weight excluding hydrogens is 583 g/mol. The molecule has 2 N–H and O–H groups in total. The average Bonchev–Trinajstić information content (AvgIpc) is 3.66. The fraction of sp³-hybridized carbons (Fsp3) is 0.455. The molecular formula is C33H39FN4O5S. The van der Waals surface area contributed by atoms with Crippen LogP contribution >= 0.6 is 11.3 Å². The largest absolute Gasteiger partial charge is 0.508 e. The number of thiazole rings is 1. The van der Waals surface area contributed by atoms with Crippen molar-refractivity contribution in [1.29, 1.82) is 0 Å². The number of hydrogen-bond acceptors (Lipinski definition) is 8. The molecule has 2 aliphatic heterocycles. The number of aryl methyl sites for hydroxylation is 1. The Kier molecular flexibility index (Phi) is 8.93. The summed E-state index contributed by atoms with van der Waals surface area (Å²) in [6, 6.07) is 7.49. The lowest BCUT2D eigenvalue weighted by atomic mass is 9.99. The number of aromatic nitrogens is 1. The second kappa shape index (κ2) is 12.4. The van der Waals surface area contributed by atoms with Gasteiger partial charge in [0.05, 0.1) is 40.4 Å². The van der Waals surface area contributed by atoms with Crippen molar-refractivity contribution in [2.24, 2.45) is 5.92 Å². The molecule has 2 aliphatic rings. The highest BCUT2D eigenvalue weighted by Crippen LogP contribution is 2.34. The standard InChI is InChI=1S/C33H39FN4O5S/c1-18(2)28(37-15-21-9-10-23(34)12-25(21)30(37)40)32(42)38(31(41)26-13-24(14-35-26)43-33(4,5)6)16-22-8-7-20(11-27(22)39)29-19(3)36-17-44-29/h7-12,17-18,24,26,28,35,39H,13-16H2,1-6H3/t24-,26+,28+/m1/s1. The van der Waals surface area contributed by atoms with Crippen LogP contribution < -0.4 is 5.32 Å². The predicted octanol–water partition coefficient (Wildman–Crippen LogP) is 5.04. The number of benzene rings is 2. The zero-order valence-corrected chi connectivity index (χ0v) is 26.7. The molecule has 1 fully saturated rings. The lowest BCUT2D eigenvalue weighted by Gasteiger charge is -2.35. The number of phenolic OH excluding ortho intramolecular Hbond substituents is 1. The van der Waals surface area contributed by atoms with Gasteiger partial charge in [-0.05, 0) is 69.4 Å². The van der Waals surface area contributed by atoms with Gasteiger partial charge in [-0.25, -0.2) is 9.37 Å². The molecule has 11 heteroatoms. The number of fused-ring (bicyclic) bond motifs is 1. The summed E-state index contributed by atoms with van der Waals surface area (Å²) < 4.78 is 20.1. The molecule has 44 heavy (non-hydrogen) atoms. The molecule has 0 saturated carbocycles. The third kappa shape index (κ3) is 6.55. The van der Waals surface area contributed by atoms with Gasteiger partial charge >= 0.3 is 0 Å². The Bertz CT molecular complexity index is 1580. The first-order valence-electron chi connectivity index (χ1n) is 14.8. The van der Waals surface area contributed by atoms with Crippen LogP contribution in [0.4, 0.5) is 4.39 Å². The molecule has 234 valence electrons. The van der Waals surface area contributed by atoms with Gasteiger partial charge in [-0.15, -0.1) is 11.3 Å². The van der Waals surface area contributed by atoms with Gasteiger partial charge in [0.2, 0.25) is 5.91 Å². The van der Waals surface area contributed by atoms with Crippen molar-refractivity contribution in [2.45, 2.75) is 84.8 Å². The average molecular weight is 623 g/mol. The SMILES string of the molecule is Cc1ncsc1-c1ccc(CN(C(=O)[C@@H]2C[C@@H](OC(C)(C)C)CN2)C(=O)[C@H](C(C)C)N2Cc3ccc(F)cc3C2=O)c(O)c1. The summed E-state index contributed by atoms with van der Waals surface area (Å²) in [5.74, 6) is -2.43. The number of rotatable bonds is 8. The molecule has 0 unspecified atom stereocenters. The van der Waals surface area contributed by atoms with Gasteiger partial charge in [-0.3, -0.25) is 19.3 Å². The van der Waals surface area contributed by atoms with Crippen molar-refractivity contribution >= 4 is 29.1 Å². The van der Waals surface area contributed by atoms with Crippen LogP contribution in [0.5, 0.6) is 5.75 Å². The number of carbonyl (C=O) groups excluding carboxylic acids is 3. The number of aromatic hydroxyl groups is 1. The predicted molar refractivity (Wildman–Crippen MR) is 165 cm³/mol. The smallest absolute Gasteiger partial charge is 0.255 e. The van der Waals surface area contributed by atoms with Gasteiger partial charge in [0.25, 0.3) is 11.8 Å². The molecule has 3 amide bonds. The van der Waals surface area contributed by atoms with E-state index >= 15 is 0 Å². The number of carbonyl (C=O) groups is 3. The second-order valence-electron chi connectivity index (χ2n) is 12.8. The summed E-state index contributed by atoms with van der Waals surface area (Å²) in [4.78, 5) is 49.8. The molecule has 3 atom stereocenters. The Labute approximate surface area is 261 Å². The maximum Gasteiger partial charge on any atom is 0.255 e. The van der Waals surface area contributed by atoms with Crippen LogP contribution in [0.3, 0.4) is 0 Å². The monoisotopic (exact) mass is 622 g/mol. The van der Waals surface area contributed by atoms with Crippen molar-refractivity contribution in [2.75, 3.05) is 6.54 Å².